The molecule has 276 valence electrons. The van der Waals surface area contributed by atoms with Gasteiger partial charge in [0.15, 0.2) is 0 Å². The number of hydrogen-bond donors (Lipinski definition) is 3. The molecule has 3 nitrogen and oxygen atoms in total. The smallest absolute Gasteiger partial charge is 0.123 e. The highest BCUT2D eigenvalue weighted by molar-refractivity contribution is 5.58. The molecule has 0 amide bonds. The van der Waals surface area contributed by atoms with Gasteiger partial charge < -0.3 is 15.3 Å². The first-order valence-corrected chi connectivity index (χ1v) is 18.8. The highest BCUT2D eigenvalue weighted by atomic mass is 16.3. The van der Waals surface area contributed by atoms with Gasteiger partial charge in [0.25, 0.3) is 0 Å². The van der Waals surface area contributed by atoms with E-state index in [-0.39, 0.29) is 21.7 Å². The molecule has 51 heavy (non-hydrogen) atoms. The van der Waals surface area contributed by atoms with E-state index in [1.54, 1.807) is 0 Å². The topological polar surface area (TPSA) is 60.7 Å². The molecule has 4 aromatic rings. The van der Waals surface area contributed by atoms with Gasteiger partial charge in [-0.25, -0.2) is 0 Å². The van der Waals surface area contributed by atoms with E-state index in [0.29, 0.717) is 17.2 Å². The second kappa shape index (κ2) is 13.7. The van der Waals surface area contributed by atoms with Gasteiger partial charge in [-0.05, 0) is 159 Å². The molecule has 0 aliphatic carbocycles. The summed E-state index contributed by atoms with van der Waals surface area (Å²) in [4.78, 5) is 0. The first-order valence-electron chi connectivity index (χ1n) is 18.8. The molecule has 0 radical (unpaired) electrons. The quantitative estimate of drug-likeness (QED) is 0.189. The van der Waals surface area contributed by atoms with E-state index in [1.165, 1.54) is 50.1 Å². The lowest BCUT2D eigenvalue weighted by Gasteiger charge is -2.29. The molecule has 0 unspecified atom stereocenters. The average Bonchev–Trinajstić information content (AvgIpc) is 2.97. The summed E-state index contributed by atoms with van der Waals surface area (Å²) in [6, 6.07) is 13.1. The lowest BCUT2D eigenvalue weighted by molar-refractivity contribution is 0.422. The lowest BCUT2D eigenvalue weighted by Crippen LogP contribution is -2.18. The Morgan fingerprint density at radius 1 is 0.353 bits per heavy atom. The van der Waals surface area contributed by atoms with E-state index in [9.17, 15) is 15.3 Å². The second-order valence-electron chi connectivity index (χ2n) is 19.5. The van der Waals surface area contributed by atoms with Crippen LogP contribution in [0.3, 0.4) is 0 Å². The van der Waals surface area contributed by atoms with E-state index in [4.69, 9.17) is 0 Å². The van der Waals surface area contributed by atoms with E-state index >= 15 is 0 Å². The van der Waals surface area contributed by atoms with Gasteiger partial charge in [0.2, 0.25) is 0 Å². The fourth-order valence-corrected chi connectivity index (χ4v) is 7.79. The molecule has 0 aliphatic heterocycles. The number of aromatic hydroxyl groups is 3. The summed E-state index contributed by atoms with van der Waals surface area (Å²) in [5, 5.41) is 33.6. The van der Waals surface area contributed by atoms with Gasteiger partial charge in [-0.15, -0.1) is 0 Å². The van der Waals surface area contributed by atoms with Crippen LogP contribution in [0.4, 0.5) is 0 Å². The van der Waals surface area contributed by atoms with Crippen molar-refractivity contribution in [2.75, 3.05) is 0 Å². The maximum absolute atomic E-state index is 11.5. The number of phenols is 3. The Kier molecular flexibility index (Phi) is 10.7. The van der Waals surface area contributed by atoms with Crippen molar-refractivity contribution in [1.29, 1.82) is 0 Å². The van der Waals surface area contributed by atoms with Gasteiger partial charge >= 0.3 is 0 Å². The molecule has 0 aliphatic rings. The van der Waals surface area contributed by atoms with Gasteiger partial charge in [-0.3, -0.25) is 0 Å². The zero-order valence-corrected chi connectivity index (χ0v) is 34.9. The fourth-order valence-electron chi connectivity index (χ4n) is 7.79. The van der Waals surface area contributed by atoms with Crippen molar-refractivity contribution in [3.63, 3.8) is 0 Å². The molecule has 0 saturated carbocycles. The van der Waals surface area contributed by atoms with Crippen molar-refractivity contribution < 1.29 is 15.3 Å². The first kappa shape index (κ1) is 40.1. The first-order chi connectivity index (χ1) is 23.1. The summed E-state index contributed by atoms with van der Waals surface area (Å²) in [5.41, 5.74) is 16.4. The summed E-state index contributed by atoms with van der Waals surface area (Å²) in [6.07, 6.45) is 2.29. The van der Waals surface area contributed by atoms with E-state index in [1.807, 2.05) is 13.8 Å². The molecule has 3 heteroatoms. The minimum Gasteiger partial charge on any atom is -0.507 e. The van der Waals surface area contributed by atoms with Gasteiger partial charge in [-0.2, -0.15) is 0 Å². The summed E-state index contributed by atoms with van der Waals surface area (Å²) >= 11 is 0. The van der Waals surface area contributed by atoms with Crippen molar-refractivity contribution >= 4 is 0 Å². The van der Waals surface area contributed by atoms with Crippen molar-refractivity contribution in [3.8, 4) is 17.2 Å². The van der Waals surface area contributed by atoms with Crippen LogP contribution in [0.25, 0.3) is 0 Å². The normalized spacial score (nSPS) is 12.9. The molecule has 0 bridgehead atoms. The minimum atomic E-state index is -0.212. The largest absolute Gasteiger partial charge is 0.507 e. The van der Waals surface area contributed by atoms with Crippen LogP contribution in [0.1, 0.15) is 167 Å². The van der Waals surface area contributed by atoms with Gasteiger partial charge in [0.05, 0.1) is 0 Å². The summed E-state index contributed by atoms with van der Waals surface area (Å²) in [5.74, 6) is 1.19. The van der Waals surface area contributed by atoms with Crippen LogP contribution in [0.15, 0.2) is 36.4 Å². The monoisotopic (exact) mass is 691 g/mol. The van der Waals surface area contributed by atoms with Crippen LogP contribution >= 0.6 is 0 Å². The fraction of sp³-hybridized carbons (Fsp3) is 0.500. The standard InChI is InChI=1S/C48H66O3/c1-27-18-32(23-38(42(27)49)45(6,7)8)20-35-29(3)36(21-33-19-28(2)43(50)39(24-33)46(9,10)11)31(5)37(30(35)4)22-34-25-40(47(12,13)14)44(51)41(26-34)48(15,16)17/h18-19,23-26,49-51H,20-22H2,1-17H3. The SMILES string of the molecule is Cc1cc(Cc2c(C)c(Cc3cc(C)c(O)c(C(C)(C)C)c3)c(C)c(Cc3cc(C(C)(C)C)c(O)c(C(C)(C)C)c3)c2C)cc(C(C)(C)C)c1O. The van der Waals surface area contributed by atoms with Crippen molar-refractivity contribution in [3.05, 3.63) is 120 Å². The van der Waals surface area contributed by atoms with Crippen LogP contribution in [-0.2, 0) is 40.9 Å². The zero-order valence-electron chi connectivity index (χ0n) is 34.9. The maximum atomic E-state index is 11.5. The Bertz CT molecular complexity index is 1830. The molecule has 3 N–H and O–H groups in total. The third-order valence-corrected chi connectivity index (χ3v) is 11.0. The molecule has 4 rings (SSSR count). The molecule has 0 atom stereocenters. The highest BCUT2D eigenvalue weighted by Crippen LogP contribution is 2.42. The van der Waals surface area contributed by atoms with E-state index in [0.717, 1.165) is 52.6 Å². The Morgan fingerprint density at radius 2 is 0.569 bits per heavy atom. The average molecular weight is 691 g/mol. The van der Waals surface area contributed by atoms with Crippen molar-refractivity contribution in [1.82, 2.24) is 0 Å². The predicted octanol–water partition coefficient (Wildman–Crippen LogP) is 12.3. The number of hydrogen-bond acceptors (Lipinski definition) is 3. The van der Waals surface area contributed by atoms with E-state index < -0.39 is 0 Å². The molecule has 0 saturated heterocycles. The molecular formula is C48H66O3. The molecule has 0 fully saturated rings. The van der Waals surface area contributed by atoms with Crippen LogP contribution in [0.2, 0.25) is 0 Å². The third kappa shape index (κ3) is 8.34. The summed E-state index contributed by atoms with van der Waals surface area (Å²) in [7, 11) is 0. The predicted molar refractivity (Wildman–Crippen MR) is 218 cm³/mol. The highest BCUT2D eigenvalue weighted by Gasteiger charge is 2.28. The molecule has 0 aromatic heterocycles. The van der Waals surface area contributed by atoms with Crippen LogP contribution < -0.4 is 0 Å². The maximum Gasteiger partial charge on any atom is 0.123 e. The summed E-state index contributed by atoms with van der Waals surface area (Å²) < 4.78 is 0. The Hall–Kier alpha value is -3.72. The third-order valence-electron chi connectivity index (χ3n) is 11.0. The van der Waals surface area contributed by atoms with Crippen LogP contribution in [0.5, 0.6) is 17.2 Å². The van der Waals surface area contributed by atoms with Crippen LogP contribution in [-0.4, -0.2) is 15.3 Å². The Morgan fingerprint density at radius 3 is 0.804 bits per heavy atom. The lowest BCUT2D eigenvalue weighted by atomic mass is 9.76. The second-order valence-corrected chi connectivity index (χ2v) is 19.5. The number of aryl methyl sites for hydroxylation is 2. The van der Waals surface area contributed by atoms with Gasteiger partial charge in [0.1, 0.15) is 17.2 Å². The molecule has 4 aromatic carbocycles. The van der Waals surface area contributed by atoms with Gasteiger partial charge in [-0.1, -0.05) is 119 Å². The zero-order chi connectivity index (χ0) is 38.8. The van der Waals surface area contributed by atoms with Crippen molar-refractivity contribution in [2.24, 2.45) is 0 Å². The Labute approximate surface area is 310 Å². The molecule has 0 spiro atoms. The van der Waals surface area contributed by atoms with Crippen molar-refractivity contribution in [2.45, 2.75) is 159 Å². The molecular weight excluding hydrogens is 625 g/mol. The van der Waals surface area contributed by atoms with Crippen LogP contribution in [0, 0.1) is 34.6 Å². The van der Waals surface area contributed by atoms with E-state index in [2.05, 4.69) is 140 Å². The Balaban J connectivity index is 2.02. The van der Waals surface area contributed by atoms with Gasteiger partial charge in [0, 0.05) is 0 Å². The number of benzene rings is 4. The summed E-state index contributed by atoms with van der Waals surface area (Å²) in [6.45, 7) is 36.8. The number of rotatable bonds is 6. The number of phenolic OH excluding ortho intramolecular Hbond substituents is 3. The minimum absolute atomic E-state index is 0.186. The molecule has 0 heterocycles.